The Hall–Kier alpha value is -0.860. The molecule has 0 saturated heterocycles. The third-order valence-corrected chi connectivity index (χ3v) is 2.39. The fraction of sp³-hybridized carbons (Fsp3) is 0.778. The van der Waals surface area contributed by atoms with Gasteiger partial charge in [0.2, 0.25) is 0 Å². The largest absolute Gasteiger partial charge is 0.466 e. The van der Waals surface area contributed by atoms with E-state index in [1.807, 2.05) is 6.92 Å². The first-order valence-corrected chi connectivity index (χ1v) is 4.25. The molecule has 1 aliphatic carbocycles. The van der Waals surface area contributed by atoms with Gasteiger partial charge in [-0.1, -0.05) is 0 Å². The van der Waals surface area contributed by atoms with E-state index < -0.39 is 0 Å². The molecule has 0 atom stereocenters. The van der Waals surface area contributed by atoms with Crippen molar-refractivity contribution in [2.45, 2.75) is 26.7 Å². The molecule has 0 amide bonds. The molecule has 1 aliphatic rings. The number of carbonyl (C=O) groups excluding carboxylic acids is 2. The molecule has 1 fully saturated rings. The van der Waals surface area contributed by atoms with E-state index in [2.05, 4.69) is 0 Å². The zero-order valence-electron chi connectivity index (χ0n) is 7.50. The van der Waals surface area contributed by atoms with Crippen molar-refractivity contribution in [3.63, 3.8) is 0 Å². The van der Waals surface area contributed by atoms with E-state index in [-0.39, 0.29) is 17.3 Å². The highest BCUT2D eigenvalue weighted by molar-refractivity contribution is 5.79. The third-order valence-electron chi connectivity index (χ3n) is 2.39. The van der Waals surface area contributed by atoms with Crippen molar-refractivity contribution in [3.05, 3.63) is 0 Å². The zero-order valence-corrected chi connectivity index (χ0v) is 7.50. The van der Waals surface area contributed by atoms with Gasteiger partial charge in [-0.3, -0.25) is 4.79 Å². The van der Waals surface area contributed by atoms with Crippen LogP contribution in [0, 0.1) is 11.3 Å². The average Bonchev–Trinajstić information content (AvgIpc) is 1.99. The number of carbonyl (C=O) groups is 2. The maximum absolute atomic E-state index is 11.3. The van der Waals surface area contributed by atoms with E-state index in [9.17, 15) is 9.59 Å². The third kappa shape index (κ3) is 1.49. The van der Waals surface area contributed by atoms with Crippen LogP contribution in [0.25, 0.3) is 0 Å². The van der Waals surface area contributed by atoms with Crippen LogP contribution in [0.4, 0.5) is 0 Å². The maximum atomic E-state index is 11.3. The van der Waals surface area contributed by atoms with Crippen molar-refractivity contribution in [2.24, 2.45) is 11.3 Å². The molecule has 0 radical (unpaired) electrons. The fourth-order valence-corrected chi connectivity index (χ4v) is 1.67. The van der Waals surface area contributed by atoms with Gasteiger partial charge in [-0.15, -0.1) is 0 Å². The predicted octanol–water partition coefficient (Wildman–Crippen LogP) is 1.16. The van der Waals surface area contributed by atoms with Gasteiger partial charge >= 0.3 is 5.97 Å². The summed E-state index contributed by atoms with van der Waals surface area (Å²) in [6, 6.07) is 0. The second-order valence-corrected chi connectivity index (χ2v) is 3.59. The molecule has 0 aromatic heterocycles. The molecule has 3 heteroatoms. The van der Waals surface area contributed by atoms with Crippen LogP contribution in [0.2, 0.25) is 0 Å². The molecule has 0 aromatic carbocycles. The highest BCUT2D eigenvalue weighted by Gasteiger charge is 2.47. The quantitative estimate of drug-likeness (QED) is 0.471. The van der Waals surface area contributed by atoms with Gasteiger partial charge in [0.15, 0.2) is 0 Å². The summed E-state index contributed by atoms with van der Waals surface area (Å²) >= 11 is 0. The van der Waals surface area contributed by atoms with Crippen molar-refractivity contribution < 1.29 is 14.3 Å². The first-order valence-electron chi connectivity index (χ1n) is 4.25. The minimum Gasteiger partial charge on any atom is -0.466 e. The molecule has 0 spiro atoms. The molecular formula is C9H14O3. The van der Waals surface area contributed by atoms with E-state index >= 15 is 0 Å². The fourth-order valence-electron chi connectivity index (χ4n) is 1.67. The second-order valence-electron chi connectivity index (χ2n) is 3.59. The Morgan fingerprint density at radius 1 is 1.67 bits per heavy atom. The van der Waals surface area contributed by atoms with E-state index in [4.69, 9.17) is 4.74 Å². The minimum atomic E-state index is -0.387. The number of rotatable bonds is 3. The first kappa shape index (κ1) is 9.23. The minimum absolute atomic E-state index is 0.0689. The van der Waals surface area contributed by atoms with Gasteiger partial charge in [-0.05, 0) is 26.7 Å². The lowest BCUT2D eigenvalue weighted by molar-refractivity contribution is -0.163. The van der Waals surface area contributed by atoms with Crippen molar-refractivity contribution in [2.75, 3.05) is 6.61 Å². The smallest absolute Gasteiger partial charge is 0.311 e. The molecular weight excluding hydrogens is 156 g/mol. The lowest BCUT2D eigenvalue weighted by Crippen LogP contribution is -2.43. The van der Waals surface area contributed by atoms with Gasteiger partial charge in [0.05, 0.1) is 12.0 Å². The first-order chi connectivity index (χ1) is 5.62. The molecule has 0 unspecified atom stereocenters. The summed E-state index contributed by atoms with van der Waals surface area (Å²) in [6.45, 7) is 4.06. The van der Waals surface area contributed by atoms with Crippen LogP contribution in [0.1, 0.15) is 26.7 Å². The van der Waals surface area contributed by atoms with E-state index in [1.165, 1.54) is 0 Å². The van der Waals surface area contributed by atoms with Gasteiger partial charge in [0.25, 0.3) is 0 Å². The summed E-state index contributed by atoms with van der Waals surface area (Å²) in [5.41, 5.74) is -0.387. The topological polar surface area (TPSA) is 43.4 Å². The summed E-state index contributed by atoms with van der Waals surface area (Å²) in [5, 5.41) is 0. The Labute approximate surface area is 72.1 Å². The van der Waals surface area contributed by atoms with Crippen molar-refractivity contribution in [3.8, 4) is 0 Å². The predicted molar refractivity (Wildman–Crippen MR) is 43.5 cm³/mol. The lowest BCUT2D eigenvalue weighted by Gasteiger charge is -2.39. The molecule has 0 N–H and O–H groups in total. The van der Waals surface area contributed by atoms with Crippen LogP contribution in [0.3, 0.4) is 0 Å². The second kappa shape index (κ2) is 3.25. The highest BCUT2D eigenvalue weighted by Crippen LogP contribution is 2.45. The standard InChI is InChI=1S/C9H14O3/c1-3-12-8(11)9(2)4-7(5-9)6-10/h6-7H,3-5H2,1-2H3. The molecule has 12 heavy (non-hydrogen) atoms. The summed E-state index contributed by atoms with van der Waals surface area (Å²) in [4.78, 5) is 21.6. The van der Waals surface area contributed by atoms with Gasteiger partial charge < -0.3 is 9.53 Å². The molecule has 0 aliphatic heterocycles. The zero-order chi connectivity index (χ0) is 9.19. The normalized spacial score (nSPS) is 33.7. The molecule has 68 valence electrons. The van der Waals surface area contributed by atoms with Crippen LogP contribution >= 0.6 is 0 Å². The molecule has 0 aromatic rings. The van der Waals surface area contributed by atoms with Crippen LogP contribution in [-0.2, 0) is 14.3 Å². The Bertz CT molecular complexity index is 192. The molecule has 0 heterocycles. The Balaban J connectivity index is 2.43. The highest BCUT2D eigenvalue weighted by atomic mass is 16.5. The number of hydrogen-bond acceptors (Lipinski definition) is 3. The maximum Gasteiger partial charge on any atom is 0.311 e. The van der Waals surface area contributed by atoms with Gasteiger partial charge in [-0.2, -0.15) is 0 Å². The summed E-state index contributed by atoms with van der Waals surface area (Å²) in [6.07, 6.45) is 2.21. The molecule has 1 saturated carbocycles. The molecule has 3 nitrogen and oxygen atoms in total. The van der Waals surface area contributed by atoms with Crippen LogP contribution in [0.15, 0.2) is 0 Å². The van der Waals surface area contributed by atoms with Crippen molar-refractivity contribution in [1.29, 1.82) is 0 Å². The summed E-state index contributed by atoms with van der Waals surface area (Å²) in [7, 11) is 0. The number of aldehydes is 1. The number of hydrogen-bond donors (Lipinski definition) is 0. The van der Waals surface area contributed by atoms with Gasteiger partial charge in [0, 0.05) is 5.92 Å². The van der Waals surface area contributed by atoms with Crippen LogP contribution in [0.5, 0.6) is 0 Å². The van der Waals surface area contributed by atoms with E-state index in [0.717, 1.165) is 6.29 Å². The van der Waals surface area contributed by atoms with E-state index in [0.29, 0.717) is 19.4 Å². The Morgan fingerprint density at radius 3 is 2.67 bits per heavy atom. The van der Waals surface area contributed by atoms with Crippen molar-refractivity contribution >= 4 is 12.3 Å². The van der Waals surface area contributed by atoms with Gasteiger partial charge in [0.1, 0.15) is 6.29 Å². The summed E-state index contributed by atoms with van der Waals surface area (Å²) in [5.74, 6) is -0.0949. The monoisotopic (exact) mass is 170 g/mol. The lowest BCUT2D eigenvalue weighted by atomic mass is 9.64. The van der Waals surface area contributed by atoms with Gasteiger partial charge in [-0.25, -0.2) is 0 Å². The molecule has 1 rings (SSSR count). The number of esters is 1. The van der Waals surface area contributed by atoms with E-state index in [1.54, 1.807) is 6.92 Å². The van der Waals surface area contributed by atoms with Crippen LogP contribution in [-0.4, -0.2) is 18.9 Å². The molecule has 0 bridgehead atoms. The summed E-state index contributed by atoms with van der Waals surface area (Å²) < 4.78 is 4.89. The Kier molecular flexibility index (Phi) is 2.50. The average molecular weight is 170 g/mol. The SMILES string of the molecule is CCOC(=O)C1(C)CC(C=O)C1. The Morgan fingerprint density at radius 2 is 2.25 bits per heavy atom. The number of ether oxygens (including phenoxy) is 1. The van der Waals surface area contributed by atoms with Crippen LogP contribution < -0.4 is 0 Å². The van der Waals surface area contributed by atoms with Crippen molar-refractivity contribution in [1.82, 2.24) is 0 Å².